The topological polar surface area (TPSA) is 108 Å². The van der Waals surface area contributed by atoms with Crippen LogP contribution in [0.25, 0.3) is 0 Å². The Morgan fingerprint density at radius 1 is 1.38 bits per heavy atom. The zero-order chi connectivity index (χ0) is 14.8. The van der Waals surface area contributed by atoms with Crippen molar-refractivity contribution in [3.8, 4) is 0 Å². The SMILES string of the molecule is O=C(O)C[C@H]1CN(c2ncc(F)cn2)C[C@H]1c1cn[nH]n1. The summed E-state index contributed by atoms with van der Waals surface area (Å²) in [6.07, 6.45) is 3.81. The number of aromatic nitrogens is 5. The van der Waals surface area contributed by atoms with E-state index in [1.54, 1.807) is 6.20 Å². The van der Waals surface area contributed by atoms with Crippen molar-refractivity contribution in [3.05, 3.63) is 30.1 Å². The molecular weight excluding hydrogens is 279 g/mol. The van der Waals surface area contributed by atoms with Gasteiger partial charge in [-0.2, -0.15) is 15.4 Å². The van der Waals surface area contributed by atoms with Gasteiger partial charge in [0.2, 0.25) is 5.95 Å². The lowest BCUT2D eigenvalue weighted by Gasteiger charge is -2.15. The van der Waals surface area contributed by atoms with Crippen molar-refractivity contribution in [2.75, 3.05) is 18.0 Å². The smallest absolute Gasteiger partial charge is 0.303 e. The molecule has 2 atom stereocenters. The molecule has 3 rings (SSSR count). The van der Waals surface area contributed by atoms with Gasteiger partial charge in [0.1, 0.15) is 0 Å². The molecule has 2 aromatic heterocycles. The van der Waals surface area contributed by atoms with Crippen LogP contribution < -0.4 is 4.90 Å². The van der Waals surface area contributed by atoms with E-state index in [4.69, 9.17) is 5.11 Å². The van der Waals surface area contributed by atoms with Gasteiger partial charge in [-0.1, -0.05) is 0 Å². The highest BCUT2D eigenvalue weighted by atomic mass is 19.1. The van der Waals surface area contributed by atoms with Crippen LogP contribution in [0.2, 0.25) is 0 Å². The molecule has 3 heterocycles. The average molecular weight is 292 g/mol. The number of anilines is 1. The van der Waals surface area contributed by atoms with Crippen LogP contribution in [-0.2, 0) is 4.79 Å². The highest BCUT2D eigenvalue weighted by molar-refractivity contribution is 5.67. The molecule has 0 saturated carbocycles. The van der Waals surface area contributed by atoms with Gasteiger partial charge >= 0.3 is 5.97 Å². The van der Waals surface area contributed by atoms with Crippen molar-refractivity contribution in [3.63, 3.8) is 0 Å². The zero-order valence-corrected chi connectivity index (χ0v) is 11.0. The first-order valence-corrected chi connectivity index (χ1v) is 6.43. The van der Waals surface area contributed by atoms with Gasteiger partial charge in [0.05, 0.1) is 30.7 Å². The Balaban J connectivity index is 1.83. The van der Waals surface area contributed by atoms with Crippen molar-refractivity contribution in [2.45, 2.75) is 12.3 Å². The van der Waals surface area contributed by atoms with E-state index in [0.29, 0.717) is 24.7 Å². The molecule has 21 heavy (non-hydrogen) atoms. The number of nitrogens with zero attached hydrogens (tertiary/aromatic N) is 5. The lowest BCUT2D eigenvalue weighted by Crippen LogP contribution is -2.22. The molecule has 1 aliphatic rings. The summed E-state index contributed by atoms with van der Waals surface area (Å²) < 4.78 is 12.9. The molecule has 0 unspecified atom stereocenters. The van der Waals surface area contributed by atoms with Gasteiger partial charge in [0.25, 0.3) is 0 Å². The predicted octanol–water partition coefficient (Wildman–Crippen LogP) is 0.428. The van der Waals surface area contributed by atoms with Crippen LogP contribution in [0.15, 0.2) is 18.6 Å². The minimum absolute atomic E-state index is 0.0230. The third kappa shape index (κ3) is 2.81. The molecule has 1 saturated heterocycles. The van der Waals surface area contributed by atoms with Gasteiger partial charge in [-0.25, -0.2) is 14.4 Å². The second kappa shape index (κ2) is 5.43. The van der Waals surface area contributed by atoms with E-state index < -0.39 is 11.8 Å². The maximum absolute atomic E-state index is 12.9. The standard InChI is InChI=1S/C12H13FN6O2/c13-8-2-14-12(15-3-8)19-5-7(1-11(20)21)9(6-19)10-4-16-18-17-10/h2-4,7,9H,1,5-6H2,(H,20,21)(H,16,17,18)/t7-,9+/m0/s1. The monoisotopic (exact) mass is 292 g/mol. The Bertz CT molecular complexity index is 617. The number of carbonyl (C=O) groups is 1. The van der Waals surface area contributed by atoms with Crippen LogP contribution >= 0.6 is 0 Å². The minimum Gasteiger partial charge on any atom is -0.481 e. The summed E-state index contributed by atoms with van der Waals surface area (Å²) in [7, 11) is 0. The van der Waals surface area contributed by atoms with Gasteiger partial charge in [-0.15, -0.1) is 0 Å². The highest BCUT2D eigenvalue weighted by Gasteiger charge is 2.37. The molecule has 0 radical (unpaired) electrons. The number of rotatable bonds is 4. The number of halogens is 1. The summed E-state index contributed by atoms with van der Waals surface area (Å²) in [5.74, 6) is -1.18. The number of hydrogen-bond acceptors (Lipinski definition) is 6. The van der Waals surface area contributed by atoms with Crippen molar-refractivity contribution in [1.29, 1.82) is 0 Å². The molecule has 1 fully saturated rings. The maximum atomic E-state index is 12.9. The molecular formula is C12H13FN6O2. The molecule has 0 bridgehead atoms. The number of aliphatic carboxylic acids is 1. The second-order valence-corrected chi connectivity index (χ2v) is 4.97. The van der Waals surface area contributed by atoms with Crippen LogP contribution in [0.3, 0.4) is 0 Å². The fourth-order valence-electron chi connectivity index (χ4n) is 2.66. The fraction of sp³-hybridized carbons (Fsp3) is 0.417. The Morgan fingerprint density at radius 3 is 2.76 bits per heavy atom. The number of carboxylic acids is 1. The summed E-state index contributed by atoms with van der Waals surface area (Å²) in [5, 5.41) is 19.4. The van der Waals surface area contributed by atoms with Gasteiger partial charge < -0.3 is 10.0 Å². The number of H-pyrrole nitrogens is 1. The van der Waals surface area contributed by atoms with E-state index in [2.05, 4.69) is 25.4 Å². The first-order chi connectivity index (χ1) is 10.1. The minimum atomic E-state index is -0.865. The number of nitrogens with one attached hydrogen (secondary N) is 1. The van der Waals surface area contributed by atoms with Gasteiger partial charge in [-0.3, -0.25) is 4.79 Å². The van der Waals surface area contributed by atoms with Crippen LogP contribution in [-0.4, -0.2) is 49.5 Å². The molecule has 0 aliphatic carbocycles. The first kappa shape index (κ1) is 13.4. The molecule has 2 N–H and O–H groups in total. The summed E-state index contributed by atoms with van der Waals surface area (Å²) in [6.45, 7) is 1.01. The van der Waals surface area contributed by atoms with Crippen molar-refractivity contribution in [1.82, 2.24) is 25.4 Å². The van der Waals surface area contributed by atoms with Gasteiger partial charge in [-0.05, 0) is 5.92 Å². The van der Waals surface area contributed by atoms with Gasteiger partial charge in [0.15, 0.2) is 5.82 Å². The lowest BCUT2D eigenvalue weighted by molar-refractivity contribution is -0.138. The number of hydrogen-bond donors (Lipinski definition) is 2. The van der Waals surface area contributed by atoms with E-state index in [-0.39, 0.29) is 18.3 Å². The van der Waals surface area contributed by atoms with Crippen LogP contribution in [0.4, 0.5) is 10.3 Å². The summed E-state index contributed by atoms with van der Waals surface area (Å²) in [6, 6.07) is 0. The molecule has 110 valence electrons. The Labute approximate surface area is 119 Å². The van der Waals surface area contributed by atoms with Crippen LogP contribution in [0.1, 0.15) is 18.0 Å². The summed E-state index contributed by atoms with van der Waals surface area (Å²) >= 11 is 0. The third-order valence-corrected chi connectivity index (χ3v) is 3.58. The predicted molar refractivity (Wildman–Crippen MR) is 69.1 cm³/mol. The van der Waals surface area contributed by atoms with Gasteiger partial charge in [0, 0.05) is 19.0 Å². The van der Waals surface area contributed by atoms with Crippen LogP contribution in [0.5, 0.6) is 0 Å². The lowest BCUT2D eigenvalue weighted by atomic mass is 9.91. The Hall–Kier alpha value is -2.58. The molecule has 9 heteroatoms. The van der Waals surface area contributed by atoms with Crippen molar-refractivity contribution in [2.24, 2.45) is 5.92 Å². The molecule has 8 nitrogen and oxygen atoms in total. The fourth-order valence-corrected chi connectivity index (χ4v) is 2.66. The summed E-state index contributed by atoms with van der Waals surface area (Å²) in [4.78, 5) is 20.7. The number of aromatic amines is 1. The molecule has 0 aromatic carbocycles. The van der Waals surface area contributed by atoms with E-state index in [9.17, 15) is 9.18 Å². The average Bonchev–Trinajstić information content (AvgIpc) is 3.08. The van der Waals surface area contributed by atoms with Crippen molar-refractivity contribution < 1.29 is 14.3 Å². The van der Waals surface area contributed by atoms with E-state index in [0.717, 1.165) is 12.4 Å². The third-order valence-electron chi connectivity index (χ3n) is 3.58. The highest BCUT2D eigenvalue weighted by Crippen LogP contribution is 2.34. The maximum Gasteiger partial charge on any atom is 0.303 e. The quantitative estimate of drug-likeness (QED) is 0.841. The molecule has 0 amide bonds. The molecule has 2 aromatic rings. The molecule has 1 aliphatic heterocycles. The van der Waals surface area contributed by atoms with E-state index in [1.165, 1.54) is 0 Å². The van der Waals surface area contributed by atoms with Crippen molar-refractivity contribution >= 4 is 11.9 Å². The number of carboxylic acid groups (broad SMARTS) is 1. The Kier molecular flexibility index (Phi) is 3.46. The Morgan fingerprint density at radius 2 is 2.14 bits per heavy atom. The first-order valence-electron chi connectivity index (χ1n) is 6.43. The van der Waals surface area contributed by atoms with E-state index >= 15 is 0 Å². The van der Waals surface area contributed by atoms with Crippen LogP contribution in [0, 0.1) is 11.7 Å². The summed E-state index contributed by atoms with van der Waals surface area (Å²) in [5.41, 5.74) is 0.714. The van der Waals surface area contributed by atoms with E-state index in [1.807, 2.05) is 4.90 Å². The molecule has 0 spiro atoms. The normalized spacial score (nSPS) is 21.7. The second-order valence-electron chi connectivity index (χ2n) is 4.97. The largest absolute Gasteiger partial charge is 0.481 e. The zero-order valence-electron chi connectivity index (χ0n) is 11.0.